The minimum Gasteiger partial charge on any atom is -0.507 e. The number of rotatable bonds is 15. The minimum atomic E-state index is 0.485. The zero-order valence-electron chi connectivity index (χ0n) is 20.7. The van der Waals surface area contributed by atoms with Crippen LogP contribution in [0.2, 0.25) is 0 Å². The minimum absolute atomic E-state index is 0.485. The lowest BCUT2D eigenvalue weighted by Gasteiger charge is -2.25. The van der Waals surface area contributed by atoms with Gasteiger partial charge in [0.15, 0.2) is 0 Å². The number of phenolic OH excluding ortho intramolecular Hbond substituents is 1. The molecule has 180 valence electrons. The van der Waals surface area contributed by atoms with E-state index in [4.69, 9.17) is 12.2 Å². The van der Waals surface area contributed by atoms with Crippen LogP contribution >= 0.6 is 32.9 Å². The Bertz CT molecular complexity index is 823. The van der Waals surface area contributed by atoms with Gasteiger partial charge in [-0.05, 0) is 81.5 Å². The highest BCUT2D eigenvalue weighted by Crippen LogP contribution is 2.39. The van der Waals surface area contributed by atoms with Crippen molar-refractivity contribution in [3.63, 3.8) is 0 Å². The van der Waals surface area contributed by atoms with Crippen LogP contribution < -0.4 is 0 Å². The van der Waals surface area contributed by atoms with E-state index in [0.29, 0.717) is 5.75 Å². The third kappa shape index (κ3) is 7.63. The van der Waals surface area contributed by atoms with E-state index in [1.807, 2.05) is 0 Å². The summed E-state index contributed by atoms with van der Waals surface area (Å²) in [5, 5.41) is 11.3. The summed E-state index contributed by atoms with van der Waals surface area (Å²) in [5.41, 5.74) is 4.66. The average Bonchev–Trinajstić information content (AvgIpc) is 3.12. The highest BCUT2D eigenvalue weighted by atomic mass is 32.9. The molecule has 32 heavy (non-hydrogen) atoms. The van der Waals surface area contributed by atoms with Gasteiger partial charge in [0.25, 0.3) is 0 Å². The van der Waals surface area contributed by atoms with Gasteiger partial charge in [0.1, 0.15) is 9.57 Å². The van der Waals surface area contributed by atoms with Crippen LogP contribution in [0.25, 0.3) is 10.4 Å². The molecule has 1 aromatic heterocycles. The molecule has 0 atom stereocenters. The van der Waals surface area contributed by atoms with Crippen LogP contribution in [-0.2, 0) is 19.5 Å². The van der Waals surface area contributed by atoms with Crippen molar-refractivity contribution in [2.45, 2.75) is 86.2 Å². The SMILES string of the molecule is CCCc1c(-c2cc(CN(CCC)CCC)c(O)c(CN(CCC)CCC)c2)ssc1=S. The largest absolute Gasteiger partial charge is 0.507 e. The Morgan fingerprint density at radius 2 is 1.22 bits per heavy atom. The maximum atomic E-state index is 11.3. The van der Waals surface area contributed by atoms with Gasteiger partial charge in [-0.2, -0.15) is 0 Å². The van der Waals surface area contributed by atoms with Gasteiger partial charge in [0.05, 0.1) is 4.88 Å². The predicted octanol–water partition coefficient (Wildman–Crippen LogP) is 8.11. The van der Waals surface area contributed by atoms with E-state index in [1.54, 1.807) is 20.7 Å². The highest BCUT2D eigenvalue weighted by molar-refractivity contribution is 7.80. The molecule has 6 heteroatoms. The lowest BCUT2D eigenvalue weighted by molar-refractivity contribution is 0.255. The number of aromatic hydroxyl groups is 1. The molecule has 0 spiro atoms. The van der Waals surface area contributed by atoms with Crippen molar-refractivity contribution in [3.05, 3.63) is 32.6 Å². The first-order chi connectivity index (χ1) is 15.5. The highest BCUT2D eigenvalue weighted by Gasteiger charge is 2.19. The first-order valence-corrected chi connectivity index (χ1v) is 15.0. The van der Waals surface area contributed by atoms with E-state index in [0.717, 1.165) is 92.7 Å². The second-order valence-electron chi connectivity index (χ2n) is 8.71. The average molecular weight is 495 g/mol. The second kappa shape index (κ2) is 14.5. The second-order valence-corrected chi connectivity index (χ2v) is 11.5. The molecule has 0 amide bonds. The van der Waals surface area contributed by atoms with Crippen LogP contribution in [0, 0.1) is 3.82 Å². The number of nitrogens with zero attached hydrogens (tertiary/aromatic N) is 2. The summed E-state index contributed by atoms with van der Waals surface area (Å²) >= 11 is 5.67. The maximum absolute atomic E-state index is 11.3. The molecule has 0 aliphatic rings. The summed E-state index contributed by atoms with van der Waals surface area (Å²) in [7, 11) is 3.52. The Labute approximate surface area is 208 Å². The first-order valence-electron chi connectivity index (χ1n) is 12.4. The van der Waals surface area contributed by atoms with Gasteiger partial charge >= 0.3 is 0 Å². The fraction of sp³-hybridized carbons (Fsp3) is 0.654. The molecule has 1 heterocycles. The Hall–Kier alpha value is -0.790. The molecular weight excluding hydrogens is 453 g/mol. The Kier molecular flexibility index (Phi) is 12.4. The summed E-state index contributed by atoms with van der Waals surface area (Å²) < 4.78 is 1.03. The van der Waals surface area contributed by atoms with E-state index >= 15 is 0 Å². The molecule has 0 fully saturated rings. The van der Waals surface area contributed by atoms with Gasteiger partial charge in [-0.3, -0.25) is 9.80 Å². The van der Waals surface area contributed by atoms with E-state index in [1.165, 1.54) is 16.0 Å². The fourth-order valence-electron chi connectivity index (χ4n) is 4.38. The van der Waals surface area contributed by atoms with Crippen LogP contribution in [0.1, 0.15) is 83.4 Å². The zero-order valence-corrected chi connectivity index (χ0v) is 23.2. The van der Waals surface area contributed by atoms with Gasteiger partial charge in [0, 0.05) is 24.2 Å². The molecule has 3 nitrogen and oxygen atoms in total. The molecular formula is C26H42N2OS3. The lowest BCUT2D eigenvalue weighted by Crippen LogP contribution is -2.26. The predicted molar refractivity (Wildman–Crippen MR) is 146 cm³/mol. The van der Waals surface area contributed by atoms with Crippen LogP contribution in [0.4, 0.5) is 0 Å². The van der Waals surface area contributed by atoms with Gasteiger partial charge in [-0.1, -0.05) is 73.9 Å². The molecule has 0 aliphatic heterocycles. The Balaban J connectivity index is 2.54. The summed E-state index contributed by atoms with van der Waals surface area (Å²) in [4.78, 5) is 6.25. The van der Waals surface area contributed by atoms with Crippen LogP contribution in [0.3, 0.4) is 0 Å². The molecule has 1 N–H and O–H groups in total. The van der Waals surface area contributed by atoms with E-state index in [9.17, 15) is 5.11 Å². The zero-order chi connectivity index (χ0) is 23.5. The molecule has 1 aromatic carbocycles. The first kappa shape index (κ1) is 27.5. The van der Waals surface area contributed by atoms with Gasteiger partial charge in [0.2, 0.25) is 0 Å². The summed E-state index contributed by atoms with van der Waals surface area (Å²) in [6, 6.07) is 4.46. The van der Waals surface area contributed by atoms with Crippen LogP contribution in [0.5, 0.6) is 5.75 Å². The molecule has 2 rings (SSSR count). The third-order valence-corrected chi connectivity index (χ3v) is 8.89. The molecule has 2 aromatic rings. The summed E-state index contributed by atoms with van der Waals surface area (Å²) in [5.74, 6) is 0.485. The van der Waals surface area contributed by atoms with Gasteiger partial charge < -0.3 is 5.11 Å². The van der Waals surface area contributed by atoms with Crippen molar-refractivity contribution in [2.24, 2.45) is 0 Å². The normalized spacial score (nSPS) is 11.7. The molecule has 0 saturated heterocycles. The van der Waals surface area contributed by atoms with E-state index < -0.39 is 0 Å². The lowest BCUT2D eigenvalue weighted by atomic mass is 9.99. The van der Waals surface area contributed by atoms with Crippen LogP contribution in [-0.4, -0.2) is 41.1 Å². The molecule has 0 unspecified atom stereocenters. The van der Waals surface area contributed by atoms with Crippen molar-refractivity contribution in [1.29, 1.82) is 0 Å². The number of phenols is 1. The Morgan fingerprint density at radius 3 is 1.62 bits per heavy atom. The number of hydrogen-bond donors (Lipinski definition) is 1. The molecule has 0 aliphatic carbocycles. The number of hydrogen-bond acceptors (Lipinski definition) is 6. The number of benzene rings is 1. The molecule has 0 saturated carbocycles. The van der Waals surface area contributed by atoms with Crippen molar-refractivity contribution in [1.82, 2.24) is 9.80 Å². The fourth-order valence-corrected chi connectivity index (χ4v) is 7.37. The monoisotopic (exact) mass is 494 g/mol. The van der Waals surface area contributed by atoms with Crippen molar-refractivity contribution in [2.75, 3.05) is 26.2 Å². The topological polar surface area (TPSA) is 26.7 Å². The van der Waals surface area contributed by atoms with E-state index in [-0.39, 0.29) is 0 Å². The quantitative estimate of drug-likeness (QED) is 0.200. The molecule has 0 radical (unpaired) electrons. The third-order valence-electron chi connectivity index (χ3n) is 5.70. The van der Waals surface area contributed by atoms with Crippen molar-refractivity contribution >= 4 is 32.9 Å². The van der Waals surface area contributed by atoms with Gasteiger partial charge in [-0.15, -0.1) is 0 Å². The maximum Gasteiger partial charge on any atom is 0.124 e. The standard InChI is InChI=1S/C26H42N2OS3/c1-6-11-23-25(31-32-26(23)30)20-16-21(18-27(12-7-2)13-8-3)24(29)22(17-20)19-28(14-9-4)15-10-5/h16-17,29H,6-15,18-19H2,1-5H3. The van der Waals surface area contributed by atoms with E-state index in [2.05, 4.69) is 56.6 Å². The smallest absolute Gasteiger partial charge is 0.124 e. The van der Waals surface area contributed by atoms with Crippen molar-refractivity contribution < 1.29 is 5.11 Å². The molecule has 0 bridgehead atoms. The summed E-state index contributed by atoms with van der Waals surface area (Å²) in [6.07, 6.45) is 6.62. The van der Waals surface area contributed by atoms with Gasteiger partial charge in [-0.25, -0.2) is 0 Å². The Morgan fingerprint density at radius 1 is 0.750 bits per heavy atom. The summed E-state index contributed by atoms with van der Waals surface area (Å²) in [6.45, 7) is 17.0. The van der Waals surface area contributed by atoms with Crippen molar-refractivity contribution in [3.8, 4) is 16.2 Å². The van der Waals surface area contributed by atoms with Crippen LogP contribution in [0.15, 0.2) is 12.1 Å².